The van der Waals surface area contributed by atoms with Crippen LogP contribution in [-0.2, 0) is 4.79 Å². The van der Waals surface area contributed by atoms with Crippen molar-refractivity contribution in [3.05, 3.63) is 12.2 Å². The normalized spacial score (nSPS) is 11.3. The van der Waals surface area contributed by atoms with Crippen molar-refractivity contribution in [2.45, 2.75) is 182 Å². The first-order valence-electron chi connectivity index (χ1n) is 16.7. The maximum Gasteiger partial charge on any atom is 0.303 e. The minimum atomic E-state index is -0.664. The highest BCUT2D eigenvalue weighted by molar-refractivity contribution is 5.66. The van der Waals surface area contributed by atoms with Crippen molar-refractivity contribution < 1.29 is 9.90 Å². The summed E-state index contributed by atoms with van der Waals surface area (Å²) in [6, 6.07) is 0. The zero-order valence-corrected chi connectivity index (χ0v) is 26.0. The molecule has 0 spiro atoms. The first-order valence-corrected chi connectivity index (χ1v) is 16.7. The molecule has 3 heteroatoms. The van der Waals surface area contributed by atoms with E-state index in [4.69, 9.17) is 5.11 Å². The molecule has 0 heterocycles. The van der Waals surface area contributed by atoms with Crippen LogP contribution in [0.1, 0.15) is 182 Å². The zero-order valence-electron chi connectivity index (χ0n) is 26.0. The van der Waals surface area contributed by atoms with E-state index in [-0.39, 0.29) is 0 Å². The van der Waals surface area contributed by atoms with Gasteiger partial charge in [-0.25, -0.2) is 0 Å². The monoisotopic (exact) mass is 524 g/mol. The van der Waals surface area contributed by atoms with Crippen molar-refractivity contribution in [2.75, 3.05) is 19.6 Å². The molecule has 37 heavy (non-hydrogen) atoms. The van der Waals surface area contributed by atoms with Gasteiger partial charge in [0, 0.05) is 6.42 Å². The molecule has 0 rings (SSSR count). The lowest BCUT2D eigenvalue weighted by atomic mass is 10.1. The first-order chi connectivity index (χ1) is 18.1. The number of hydrogen-bond donors (Lipinski definition) is 1. The van der Waals surface area contributed by atoms with Gasteiger partial charge in [0.05, 0.1) is 0 Å². The molecule has 0 aromatic rings. The zero-order chi connectivity index (χ0) is 27.7. The van der Waals surface area contributed by atoms with Crippen molar-refractivity contribution in [2.24, 2.45) is 0 Å². The van der Waals surface area contributed by atoms with E-state index in [9.17, 15) is 4.79 Å². The van der Waals surface area contributed by atoms with E-state index in [1.54, 1.807) is 0 Å². The molecule has 0 saturated carbocycles. The maximum atomic E-state index is 10.3. The topological polar surface area (TPSA) is 40.5 Å². The largest absolute Gasteiger partial charge is 0.481 e. The van der Waals surface area contributed by atoms with Crippen LogP contribution in [0.15, 0.2) is 12.2 Å². The molecule has 0 aliphatic heterocycles. The molecular formula is C34H69NO2. The van der Waals surface area contributed by atoms with Crippen LogP contribution in [0.2, 0.25) is 0 Å². The van der Waals surface area contributed by atoms with Crippen LogP contribution < -0.4 is 0 Å². The summed E-state index contributed by atoms with van der Waals surface area (Å²) < 4.78 is 0. The predicted octanol–water partition coefficient (Wildman–Crippen LogP) is 11.4. The number of nitrogens with zero attached hydrogens (tertiary/aromatic N) is 1. The highest BCUT2D eigenvalue weighted by atomic mass is 16.4. The lowest BCUT2D eigenvalue weighted by Gasteiger charge is -2.17. The lowest BCUT2D eigenvalue weighted by molar-refractivity contribution is -0.137. The summed E-state index contributed by atoms with van der Waals surface area (Å²) in [4.78, 5) is 12.9. The first kappa shape index (κ1) is 38.3. The fraction of sp³-hybridized carbons (Fsp3) is 0.912. The van der Waals surface area contributed by atoms with E-state index in [1.165, 1.54) is 154 Å². The third-order valence-corrected chi connectivity index (χ3v) is 7.37. The summed E-state index contributed by atoms with van der Waals surface area (Å²) in [6.45, 7) is 12.8. The third kappa shape index (κ3) is 37.4. The number of carbonyl (C=O) groups is 1. The fourth-order valence-corrected chi connectivity index (χ4v) is 4.71. The van der Waals surface area contributed by atoms with Crippen LogP contribution in [0, 0.1) is 0 Å². The summed E-state index contributed by atoms with van der Waals surface area (Å²) in [5, 5.41) is 8.51. The van der Waals surface area contributed by atoms with Gasteiger partial charge in [0.15, 0.2) is 0 Å². The Morgan fingerprint density at radius 1 is 0.514 bits per heavy atom. The Kier molecular flexibility index (Phi) is 36.4. The Hall–Kier alpha value is -0.830. The van der Waals surface area contributed by atoms with Gasteiger partial charge < -0.3 is 10.0 Å². The van der Waals surface area contributed by atoms with Gasteiger partial charge in [-0.05, 0) is 58.2 Å². The highest BCUT2D eigenvalue weighted by Crippen LogP contribution is 2.11. The molecule has 0 saturated heterocycles. The van der Waals surface area contributed by atoms with Crippen LogP contribution in [0.25, 0.3) is 0 Å². The Balaban J connectivity index is 0. The van der Waals surface area contributed by atoms with Crippen LogP contribution in [0.4, 0.5) is 0 Å². The number of aliphatic carboxylic acids is 1. The van der Waals surface area contributed by atoms with Crippen molar-refractivity contribution in [3.63, 3.8) is 0 Å². The number of carboxylic acids is 1. The molecule has 0 aliphatic rings. The van der Waals surface area contributed by atoms with Crippen molar-refractivity contribution in [3.8, 4) is 0 Å². The lowest BCUT2D eigenvalue weighted by Crippen LogP contribution is -2.23. The number of rotatable bonds is 28. The molecule has 3 nitrogen and oxygen atoms in total. The standard InChI is InChI=1S/C18H34O2.C16H35N/c1-2-3-4-5-6-7-8-9-10-11-12-13-14-15-16-17-18(19)20;1-4-7-8-9-10-11-12-13-14-15-16-17(5-2)6-3/h9-10H,2-8,11-17H2,1H3,(H,19,20);4-16H2,1-3H3. The Morgan fingerprint density at radius 3 is 1.24 bits per heavy atom. The molecule has 0 fully saturated rings. The van der Waals surface area contributed by atoms with Crippen molar-refractivity contribution in [1.29, 1.82) is 0 Å². The summed E-state index contributed by atoms with van der Waals surface area (Å²) in [7, 11) is 0. The molecule has 222 valence electrons. The second-order valence-electron chi connectivity index (χ2n) is 10.9. The molecule has 0 bridgehead atoms. The second kappa shape index (κ2) is 35.2. The summed E-state index contributed by atoms with van der Waals surface area (Å²) in [5.41, 5.74) is 0. The molecule has 0 atom stereocenters. The molecule has 0 aromatic carbocycles. The van der Waals surface area contributed by atoms with E-state index in [0.29, 0.717) is 6.42 Å². The summed E-state index contributed by atoms with van der Waals surface area (Å²) in [6.07, 6.45) is 35.7. The molecule has 0 aromatic heterocycles. The van der Waals surface area contributed by atoms with Gasteiger partial charge in [-0.1, -0.05) is 149 Å². The minimum absolute atomic E-state index is 0.332. The van der Waals surface area contributed by atoms with Crippen LogP contribution in [-0.4, -0.2) is 35.6 Å². The van der Waals surface area contributed by atoms with Gasteiger partial charge in [-0.15, -0.1) is 0 Å². The smallest absolute Gasteiger partial charge is 0.303 e. The van der Waals surface area contributed by atoms with Crippen LogP contribution in [0.5, 0.6) is 0 Å². The summed E-state index contributed by atoms with van der Waals surface area (Å²) >= 11 is 0. The third-order valence-electron chi connectivity index (χ3n) is 7.37. The quantitative estimate of drug-likeness (QED) is 0.0818. The second-order valence-corrected chi connectivity index (χ2v) is 10.9. The van der Waals surface area contributed by atoms with E-state index >= 15 is 0 Å². The molecule has 0 radical (unpaired) electrons. The van der Waals surface area contributed by atoms with E-state index in [1.807, 2.05) is 0 Å². The molecular weight excluding hydrogens is 454 g/mol. The van der Waals surface area contributed by atoms with E-state index in [0.717, 1.165) is 12.8 Å². The highest BCUT2D eigenvalue weighted by Gasteiger charge is 1.98. The van der Waals surface area contributed by atoms with Crippen molar-refractivity contribution in [1.82, 2.24) is 4.90 Å². The van der Waals surface area contributed by atoms with Crippen LogP contribution in [0.3, 0.4) is 0 Å². The Bertz CT molecular complexity index is 445. The van der Waals surface area contributed by atoms with Gasteiger partial charge in [0.2, 0.25) is 0 Å². The van der Waals surface area contributed by atoms with Crippen LogP contribution >= 0.6 is 0 Å². The van der Waals surface area contributed by atoms with Gasteiger partial charge in [0.25, 0.3) is 0 Å². The fourth-order valence-electron chi connectivity index (χ4n) is 4.71. The predicted molar refractivity (Wildman–Crippen MR) is 167 cm³/mol. The number of unbranched alkanes of at least 4 members (excludes halogenated alkanes) is 20. The van der Waals surface area contributed by atoms with Gasteiger partial charge in [-0.3, -0.25) is 4.79 Å². The van der Waals surface area contributed by atoms with Gasteiger partial charge in [-0.2, -0.15) is 0 Å². The van der Waals surface area contributed by atoms with Crippen molar-refractivity contribution >= 4 is 5.97 Å². The van der Waals surface area contributed by atoms with E-state index < -0.39 is 5.97 Å². The Morgan fingerprint density at radius 2 is 0.865 bits per heavy atom. The Labute approximate surface area is 234 Å². The maximum absolute atomic E-state index is 10.3. The number of hydrogen-bond acceptors (Lipinski definition) is 2. The number of carboxylic acid groups (broad SMARTS) is 1. The minimum Gasteiger partial charge on any atom is -0.481 e. The molecule has 0 aliphatic carbocycles. The average molecular weight is 524 g/mol. The average Bonchev–Trinajstić information content (AvgIpc) is 2.90. The van der Waals surface area contributed by atoms with Gasteiger partial charge >= 0.3 is 5.97 Å². The SMILES string of the molecule is CCCCCCCCC=CCCCCCCCC(=O)O.CCCCCCCCCCCCN(CC)CC. The van der Waals surface area contributed by atoms with Gasteiger partial charge in [0.1, 0.15) is 0 Å². The molecule has 1 N–H and O–H groups in total. The molecule has 0 unspecified atom stereocenters. The van der Waals surface area contributed by atoms with E-state index in [2.05, 4.69) is 44.7 Å². The summed E-state index contributed by atoms with van der Waals surface area (Å²) in [5.74, 6) is -0.664. The molecule has 0 amide bonds. The number of allylic oxidation sites excluding steroid dienone is 2.